The number of H-pyrrole nitrogens is 1. The van der Waals surface area contributed by atoms with Gasteiger partial charge in [-0.25, -0.2) is 9.67 Å². The molecule has 1 N–H and O–H groups in total. The van der Waals surface area contributed by atoms with Crippen LogP contribution in [-0.2, 0) is 19.5 Å². The molecule has 124 valence electrons. The Morgan fingerprint density at radius 2 is 2.04 bits per heavy atom. The quantitative estimate of drug-likeness (QED) is 0.796. The van der Waals surface area contributed by atoms with Gasteiger partial charge in [-0.3, -0.25) is 14.8 Å². The smallest absolute Gasteiger partial charge is 0.276 e. The van der Waals surface area contributed by atoms with Gasteiger partial charge in [0.15, 0.2) is 5.82 Å². The van der Waals surface area contributed by atoms with Gasteiger partial charge in [-0.15, -0.1) is 0 Å². The summed E-state index contributed by atoms with van der Waals surface area (Å²) >= 11 is 0. The van der Waals surface area contributed by atoms with Gasteiger partial charge in [-0.05, 0) is 36.2 Å². The minimum absolute atomic E-state index is 0.00766. The zero-order chi connectivity index (χ0) is 17.2. The number of fused-ring (bicyclic) bond motifs is 1. The largest absolute Gasteiger partial charge is 0.293 e. The molecule has 1 aromatic carbocycles. The molecule has 0 fully saturated rings. The number of hydrogen-bond acceptors (Lipinski definition) is 4. The highest BCUT2D eigenvalue weighted by molar-refractivity contribution is 5.32. The fourth-order valence-corrected chi connectivity index (χ4v) is 3.20. The minimum Gasteiger partial charge on any atom is -0.293 e. The van der Waals surface area contributed by atoms with Crippen LogP contribution in [0.1, 0.15) is 22.4 Å². The van der Waals surface area contributed by atoms with Crippen LogP contribution in [0.3, 0.4) is 0 Å². The number of aromatic amines is 1. The van der Waals surface area contributed by atoms with E-state index in [0.29, 0.717) is 17.9 Å². The third-order valence-electron chi connectivity index (χ3n) is 4.50. The summed E-state index contributed by atoms with van der Waals surface area (Å²) in [6.45, 7) is 2.33. The molecule has 0 aliphatic carbocycles. The molecule has 0 saturated heterocycles. The maximum atomic E-state index is 12.6. The first-order valence-corrected chi connectivity index (χ1v) is 8.20. The van der Waals surface area contributed by atoms with E-state index in [9.17, 15) is 4.79 Å². The van der Waals surface area contributed by atoms with E-state index in [1.807, 2.05) is 42.5 Å². The monoisotopic (exact) mass is 331 g/mol. The molecule has 1 aliphatic rings. The van der Waals surface area contributed by atoms with Gasteiger partial charge in [0.2, 0.25) is 0 Å². The van der Waals surface area contributed by atoms with Gasteiger partial charge in [-0.2, -0.15) is 5.26 Å². The molecule has 6 nitrogen and oxygen atoms in total. The second-order valence-corrected chi connectivity index (χ2v) is 6.17. The van der Waals surface area contributed by atoms with Gasteiger partial charge in [-0.1, -0.05) is 18.2 Å². The molecule has 2 aromatic heterocycles. The lowest BCUT2D eigenvalue weighted by molar-refractivity contribution is 0.242. The average Bonchev–Trinajstić information content (AvgIpc) is 2.99. The molecule has 0 saturated carbocycles. The normalized spacial score (nSPS) is 14.0. The van der Waals surface area contributed by atoms with E-state index in [1.54, 1.807) is 6.20 Å². The predicted octanol–water partition coefficient (Wildman–Crippen LogP) is 1.99. The van der Waals surface area contributed by atoms with Crippen molar-refractivity contribution in [1.82, 2.24) is 19.7 Å². The Morgan fingerprint density at radius 3 is 2.76 bits per heavy atom. The second kappa shape index (κ2) is 6.38. The van der Waals surface area contributed by atoms with Crippen LogP contribution in [0.25, 0.3) is 5.82 Å². The van der Waals surface area contributed by atoms with Crippen molar-refractivity contribution in [3.63, 3.8) is 0 Å². The summed E-state index contributed by atoms with van der Waals surface area (Å²) < 4.78 is 1.52. The molecule has 0 amide bonds. The molecule has 0 radical (unpaired) electrons. The zero-order valence-electron chi connectivity index (χ0n) is 13.6. The predicted molar refractivity (Wildman–Crippen MR) is 93.2 cm³/mol. The van der Waals surface area contributed by atoms with Crippen molar-refractivity contribution in [1.29, 1.82) is 5.26 Å². The van der Waals surface area contributed by atoms with Crippen molar-refractivity contribution in [3.8, 4) is 11.9 Å². The molecule has 1 aliphatic heterocycles. The molecule has 3 aromatic rings. The van der Waals surface area contributed by atoms with Crippen molar-refractivity contribution in [2.24, 2.45) is 0 Å². The Kier molecular flexibility index (Phi) is 3.92. The molecule has 4 rings (SSSR count). The lowest BCUT2D eigenvalue weighted by Crippen LogP contribution is -2.31. The van der Waals surface area contributed by atoms with Crippen molar-refractivity contribution in [2.75, 3.05) is 6.54 Å². The van der Waals surface area contributed by atoms with Gasteiger partial charge in [0.05, 0.1) is 17.3 Å². The van der Waals surface area contributed by atoms with Crippen LogP contribution in [0.4, 0.5) is 0 Å². The van der Waals surface area contributed by atoms with Crippen LogP contribution >= 0.6 is 0 Å². The summed E-state index contributed by atoms with van der Waals surface area (Å²) in [5, 5.41) is 12.1. The number of rotatable bonds is 3. The number of pyridine rings is 1. The number of aromatic nitrogens is 3. The SMILES string of the molecule is N#Cc1ccc(CN2CCc3c([nH]n(-c4ccccn4)c3=O)C2)cc1. The molecule has 0 spiro atoms. The van der Waals surface area contributed by atoms with Crippen LogP contribution in [0.2, 0.25) is 0 Å². The van der Waals surface area contributed by atoms with Crippen LogP contribution in [0.5, 0.6) is 0 Å². The highest BCUT2D eigenvalue weighted by Crippen LogP contribution is 2.18. The Bertz CT molecular complexity index is 979. The Hall–Kier alpha value is -3.17. The van der Waals surface area contributed by atoms with Gasteiger partial charge < -0.3 is 0 Å². The maximum Gasteiger partial charge on any atom is 0.276 e. The zero-order valence-corrected chi connectivity index (χ0v) is 13.6. The van der Waals surface area contributed by atoms with Crippen LogP contribution in [0.15, 0.2) is 53.5 Å². The van der Waals surface area contributed by atoms with E-state index in [0.717, 1.165) is 36.3 Å². The van der Waals surface area contributed by atoms with E-state index >= 15 is 0 Å². The summed E-state index contributed by atoms with van der Waals surface area (Å²) in [5.41, 5.74) is 3.62. The van der Waals surface area contributed by atoms with E-state index in [-0.39, 0.29) is 5.56 Å². The summed E-state index contributed by atoms with van der Waals surface area (Å²) in [5.74, 6) is 0.612. The summed E-state index contributed by atoms with van der Waals surface area (Å²) in [4.78, 5) is 19.1. The summed E-state index contributed by atoms with van der Waals surface area (Å²) in [6, 6.07) is 15.3. The molecule has 3 heterocycles. The summed E-state index contributed by atoms with van der Waals surface area (Å²) in [6.07, 6.45) is 2.40. The Balaban J connectivity index is 1.55. The van der Waals surface area contributed by atoms with E-state index in [4.69, 9.17) is 5.26 Å². The maximum absolute atomic E-state index is 12.6. The standard InChI is InChI=1S/C19H17N5O/c20-11-14-4-6-15(7-5-14)12-23-10-8-16-17(13-23)22-24(19(16)25)18-3-1-2-9-21-18/h1-7,9,22H,8,10,12-13H2. The van der Waals surface area contributed by atoms with Gasteiger partial charge in [0.25, 0.3) is 5.56 Å². The third-order valence-corrected chi connectivity index (χ3v) is 4.50. The molecular weight excluding hydrogens is 314 g/mol. The molecular formula is C19H17N5O. The molecule has 6 heteroatoms. The van der Waals surface area contributed by atoms with Crippen molar-refractivity contribution in [3.05, 3.63) is 81.4 Å². The van der Waals surface area contributed by atoms with Crippen molar-refractivity contribution >= 4 is 0 Å². The highest BCUT2D eigenvalue weighted by atomic mass is 16.1. The van der Waals surface area contributed by atoms with Gasteiger partial charge >= 0.3 is 0 Å². The molecule has 0 atom stereocenters. The lowest BCUT2D eigenvalue weighted by atomic mass is 10.1. The number of hydrogen-bond donors (Lipinski definition) is 1. The Morgan fingerprint density at radius 1 is 1.20 bits per heavy atom. The van der Waals surface area contributed by atoms with Gasteiger partial charge in [0.1, 0.15) is 0 Å². The highest BCUT2D eigenvalue weighted by Gasteiger charge is 2.23. The van der Waals surface area contributed by atoms with Crippen molar-refractivity contribution in [2.45, 2.75) is 19.5 Å². The fraction of sp³-hybridized carbons (Fsp3) is 0.211. The minimum atomic E-state index is -0.00766. The first kappa shape index (κ1) is 15.4. The topological polar surface area (TPSA) is 77.7 Å². The van der Waals surface area contributed by atoms with E-state index in [1.165, 1.54) is 4.68 Å². The van der Waals surface area contributed by atoms with Crippen molar-refractivity contribution < 1.29 is 0 Å². The third kappa shape index (κ3) is 2.97. The lowest BCUT2D eigenvalue weighted by Gasteiger charge is -2.25. The van der Waals surface area contributed by atoms with Crippen LogP contribution < -0.4 is 5.56 Å². The van der Waals surface area contributed by atoms with Crippen LogP contribution in [-0.4, -0.2) is 26.2 Å². The summed E-state index contributed by atoms with van der Waals surface area (Å²) in [7, 11) is 0. The number of nitriles is 1. The average molecular weight is 331 g/mol. The van der Waals surface area contributed by atoms with Gasteiger partial charge in [0, 0.05) is 31.4 Å². The fourth-order valence-electron chi connectivity index (χ4n) is 3.20. The van der Waals surface area contributed by atoms with Crippen LogP contribution in [0, 0.1) is 11.3 Å². The number of nitrogens with zero attached hydrogens (tertiary/aromatic N) is 4. The number of benzene rings is 1. The van der Waals surface area contributed by atoms with E-state index in [2.05, 4.69) is 21.1 Å². The molecule has 25 heavy (non-hydrogen) atoms. The second-order valence-electron chi connectivity index (χ2n) is 6.17. The first-order chi connectivity index (χ1) is 12.2. The molecule has 0 unspecified atom stereocenters. The number of nitrogens with one attached hydrogen (secondary N) is 1. The Labute approximate surface area is 145 Å². The van der Waals surface area contributed by atoms with E-state index < -0.39 is 0 Å². The molecule has 0 bridgehead atoms. The first-order valence-electron chi connectivity index (χ1n) is 8.20.